The van der Waals surface area contributed by atoms with Crippen molar-refractivity contribution in [2.24, 2.45) is 0 Å². The molecule has 0 bridgehead atoms. The molecule has 9 heteroatoms. The number of hydrogen-bond donors (Lipinski definition) is 0. The maximum absolute atomic E-state index is 13.5. The highest BCUT2D eigenvalue weighted by atomic mass is 79.9. The number of amides is 1. The Morgan fingerprint density at radius 3 is 2.68 bits per heavy atom. The van der Waals surface area contributed by atoms with Crippen LogP contribution >= 0.6 is 15.9 Å². The highest BCUT2D eigenvalue weighted by Crippen LogP contribution is 2.41. The molecule has 0 saturated carbocycles. The van der Waals surface area contributed by atoms with Crippen LogP contribution in [-0.2, 0) is 10.0 Å². The van der Waals surface area contributed by atoms with E-state index in [9.17, 15) is 17.6 Å². The van der Waals surface area contributed by atoms with E-state index in [-0.39, 0.29) is 38.5 Å². The van der Waals surface area contributed by atoms with Gasteiger partial charge in [-0.25, -0.2) is 17.1 Å². The molecule has 3 rings (SSSR count). The minimum atomic E-state index is -3.88. The van der Waals surface area contributed by atoms with Crippen LogP contribution in [0.5, 0.6) is 11.5 Å². The maximum Gasteiger partial charge on any atom is 0.270 e. The molecular formula is C16H10BrFN2O4S. The maximum atomic E-state index is 13.5. The number of benzene rings is 2. The molecule has 2 aromatic rings. The molecule has 0 unspecified atom stereocenters. The second kappa shape index (κ2) is 6.13. The molecule has 25 heavy (non-hydrogen) atoms. The zero-order valence-electron chi connectivity index (χ0n) is 12.8. The SMILES string of the molecule is CCN1C(=O)c2c(ccc(Oc3cc(F)cc(C#N)c3)c2Br)S1(=O)=O. The van der Waals surface area contributed by atoms with Gasteiger partial charge in [0.05, 0.1) is 21.7 Å². The van der Waals surface area contributed by atoms with E-state index in [0.717, 1.165) is 16.4 Å². The van der Waals surface area contributed by atoms with Crippen LogP contribution in [0.25, 0.3) is 0 Å². The van der Waals surface area contributed by atoms with Crippen molar-refractivity contribution in [3.63, 3.8) is 0 Å². The zero-order chi connectivity index (χ0) is 18.4. The average Bonchev–Trinajstić information content (AvgIpc) is 2.75. The van der Waals surface area contributed by atoms with Crippen molar-refractivity contribution in [3.05, 3.63) is 51.7 Å². The number of nitriles is 1. The van der Waals surface area contributed by atoms with Crippen molar-refractivity contribution in [3.8, 4) is 17.6 Å². The van der Waals surface area contributed by atoms with E-state index in [4.69, 9.17) is 10.00 Å². The van der Waals surface area contributed by atoms with Crippen LogP contribution in [0.4, 0.5) is 4.39 Å². The first-order chi connectivity index (χ1) is 11.8. The number of halogens is 2. The second-order valence-electron chi connectivity index (χ2n) is 5.12. The van der Waals surface area contributed by atoms with Gasteiger partial charge in [0.1, 0.15) is 22.2 Å². The quantitative estimate of drug-likeness (QED) is 0.752. The summed E-state index contributed by atoms with van der Waals surface area (Å²) >= 11 is 3.20. The molecule has 0 spiro atoms. The highest BCUT2D eigenvalue weighted by molar-refractivity contribution is 9.10. The Labute approximate surface area is 151 Å². The lowest BCUT2D eigenvalue weighted by Gasteiger charge is -2.11. The Kier molecular flexibility index (Phi) is 4.26. The van der Waals surface area contributed by atoms with Gasteiger partial charge in [0.15, 0.2) is 0 Å². The molecule has 128 valence electrons. The molecule has 0 atom stereocenters. The van der Waals surface area contributed by atoms with Crippen LogP contribution in [0.3, 0.4) is 0 Å². The third kappa shape index (κ3) is 2.77. The number of ether oxygens (including phenoxy) is 1. The fraction of sp³-hybridized carbons (Fsp3) is 0.125. The molecule has 1 amide bonds. The lowest BCUT2D eigenvalue weighted by Crippen LogP contribution is -2.29. The van der Waals surface area contributed by atoms with Gasteiger partial charge in [-0.1, -0.05) is 0 Å². The average molecular weight is 425 g/mol. The lowest BCUT2D eigenvalue weighted by atomic mass is 10.2. The van der Waals surface area contributed by atoms with E-state index in [0.29, 0.717) is 0 Å². The van der Waals surface area contributed by atoms with Crippen LogP contribution < -0.4 is 4.74 Å². The predicted molar refractivity (Wildman–Crippen MR) is 89.2 cm³/mol. The first-order valence-corrected chi connectivity index (χ1v) is 9.31. The number of carbonyl (C=O) groups is 1. The van der Waals surface area contributed by atoms with Crippen molar-refractivity contribution in [1.29, 1.82) is 5.26 Å². The van der Waals surface area contributed by atoms with Crippen LogP contribution in [0.1, 0.15) is 22.8 Å². The molecular weight excluding hydrogens is 415 g/mol. The number of hydrogen-bond acceptors (Lipinski definition) is 5. The van der Waals surface area contributed by atoms with E-state index < -0.39 is 21.7 Å². The Hall–Kier alpha value is -2.44. The number of sulfonamides is 1. The Morgan fingerprint density at radius 2 is 2.04 bits per heavy atom. The predicted octanol–water partition coefficient (Wildman–Crippen LogP) is 3.42. The van der Waals surface area contributed by atoms with E-state index in [1.807, 2.05) is 6.07 Å². The summed E-state index contributed by atoms with van der Waals surface area (Å²) in [5.41, 5.74) is 0.0411. The van der Waals surface area contributed by atoms with Crippen molar-refractivity contribution in [2.75, 3.05) is 6.54 Å². The van der Waals surface area contributed by atoms with Gasteiger partial charge in [0.2, 0.25) is 0 Å². The Bertz CT molecular complexity index is 1050. The first kappa shape index (κ1) is 17.4. The third-order valence-electron chi connectivity index (χ3n) is 3.59. The number of nitrogens with zero attached hydrogens (tertiary/aromatic N) is 2. The Balaban J connectivity index is 2.09. The van der Waals surface area contributed by atoms with Gasteiger partial charge in [-0.05, 0) is 47.1 Å². The van der Waals surface area contributed by atoms with Crippen LogP contribution in [-0.4, -0.2) is 25.2 Å². The highest BCUT2D eigenvalue weighted by Gasteiger charge is 2.42. The van der Waals surface area contributed by atoms with Gasteiger partial charge in [-0.3, -0.25) is 4.79 Å². The molecule has 0 radical (unpaired) electrons. The van der Waals surface area contributed by atoms with Crippen LogP contribution in [0.2, 0.25) is 0 Å². The number of carbonyl (C=O) groups excluding carboxylic acids is 1. The van der Waals surface area contributed by atoms with Gasteiger partial charge in [-0.2, -0.15) is 5.26 Å². The monoisotopic (exact) mass is 424 g/mol. The third-order valence-corrected chi connectivity index (χ3v) is 6.28. The molecule has 2 aromatic carbocycles. The van der Waals surface area contributed by atoms with Crippen molar-refractivity contribution < 1.29 is 22.3 Å². The van der Waals surface area contributed by atoms with E-state index in [1.165, 1.54) is 18.2 Å². The fourth-order valence-corrected chi connectivity index (χ4v) is 4.81. The van der Waals surface area contributed by atoms with Gasteiger partial charge in [-0.15, -0.1) is 0 Å². The lowest BCUT2D eigenvalue weighted by molar-refractivity contribution is 0.0874. The summed E-state index contributed by atoms with van der Waals surface area (Å²) in [6, 6.07) is 7.91. The van der Waals surface area contributed by atoms with Crippen molar-refractivity contribution in [1.82, 2.24) is 4.31 Å². The minimum Gasteiger partial charge on any atom is -0.456 e. The van der Waals surface area contributed by atoms with E-state index >= 15 is 0 Å². The minimum absolute atomic E-state index is 0.00784. The summed E-state index contributed by atoms with van der Waals surface area (Å²) in [5, 5.41) is 8.88. The standard InChI is InChI=1S/C16H10BrFN2O4S/c1-2-20-16(21)14-13(25(20,22)23)4-3-12(15(14)17)24-11-6-9(8-19)5-10(18)7-11/h3-7H,2H2,1H3. The molecule has 6 nitrogen and oxygen atoms in total. The van der Waals surface area contributed by atoms with E-state index in [1.54, 1.807) is 6.92 Å². The van der Waals surface area contributed by atoms with E-state index in [2.05, 4.69) is 15.9 Å². The number of rotatable bonds is 3. The molecule has 1 aliphatic heterocycles. The van der Waals surface area contributed by atoms with Crippen LogP contribution in [0.15, 0.2) is 39.7 Å². The summed E-state index contributed by atoms with van der Waals surface area (Å²) < 4.78 is 44.6. The van der Waals surface area contributed by atoms with Gasteiger partial charge in [0.25, 0.3) is 15.9 Å². The smallest absolute Gasteiger partial charge is 0.270 e. The zero-order valence-corrected chi connectivity index (χ0v) is 15.2. The normalized spacial score (nSPS) is 15.0. The molecule has 0 aliphatic carbocycles. The fourth-order valence-electron chi connectivity index (χ4n) is 2.51. The summed E-state index contributed by atoms with van der Waals surface area (Å²) in [4.78, 5) is 12.3. The molecule has 0 N–H and O–H groups in total. The summed E-state index contributed by atoms with van der Waals surface area (Å²) in [6.07, 6.45) is 0. The summed E-state index contributed by atoms with van der Waals surface area (Å²) in [6.45, 7) is 1.57. The first-order valence-electron chi connectivity index (χ1n) is 7.07. The largest absolute Gasteiger partial charge is 0.456 e. The topological polar surface area (TPSA) is 87.5 Å². The summed E-state index contributed by atoms with van der Waals surface area (Å²) in [7, 11) is -3.88. The van der Waals surface area contributed by atoms with Crippen LogP contribution in [0, 0.1) is 17.1 Å². The Morgan fingerprint density at radius 1 is 1.32 bits per heavy atom. The van der Waals surface area contributed by atoms with Gasteiger partial charge in [0, 0.05) is 12.6 Å². The molecule has 0 saturated heterocycles. The molecule has 1 heterocycles. The summed E-state index contributed by atoms with van der Waals surface area (Å²) in [5.74, 6) is -1.12. The van der Waals surface area contributed by atoms with Gasteiger partial charge < -0.3 is 4.74 Å². The molecule has 1 aliphatic rings. The molecule has 0 fully saturated rings. The van der Waals surface area contributed by atoms with Crippen molar-refractivity contribution in [2.45, 2.75) is 11.8 Å². The molecule has 0 aromatic heterocycles. The van der Waals surface area contributed by atoms with Gasteiger partial charge >= 0.3 is 0 Å². The van der Waals surface area contributed by atoms with Crippen molar-refractivity contribution >= 4 is 31.9 Å². The second-order valence-corrected chi connectivity index (χ2v) is 7.74. The number of fused-ring (bicyclic) bond motifs is 1.